The molecule has 0 spiro atoms. The fraction of sp³-hybridized carbons (Fsp3) is 0.500. The van der Waals surface area contributed by atoms with Gasteiger partial charge in [0.25, 0.3) is 0 Å². The molecule has 1 aromatic rings. The lowest BCUT2D eigenvalue weighted by Gasteiger charge is -2.25. The fourth-order valence-electron chi connectivity index (χ4n) is 1.58. The molecule has 2 rings (SSSR count). The lowest BCUT2D eigenvalue weighted by atomic mass is 9.80. The minimum Gasteiger partial charge on any atom is -0.0776 e. The van der Waals surface area contributed by atoms with Crippen LogP contribution >= 0.6 is 0 Å². The van der Waals surface area contributed by atoms with Gasteiger partial charge in [0.1, 0.15) is 0 Å². The Kier molecular flexibility index (Phi) is 2.91. The predicted octanol–water partition coefficient (Wildman–Crippen LogP) is 3.90. The van der Waals surface area contributed by atoms with Crippen molar-refractivity contribution in [3.05, 3.63) is 35.4 Å². The first-order valence-electron chi connectivity index (χ1n) is 4.43. The molecule has 0 saturated heterocycles. The second kappa shape index (κ2) is 3.75. The number of rotatable bonds is 1. The van der Waals surface area contributed by atoms with E-state index in [1.165, 1.54) is 24.8 Å². The van der Waals surface area contributed by atoms with E-state index in [0.717, 1.165) is 5.92 Å². The SMILES string of the molecule is C.Cc1ccc(C2CCC2)cc1. The van der Waals surface area contributed by atoms with Gasteiger partial charge in [-0.3, -0.25) is 0 Å². The average molecular weight is 162 g/mol. The highest BCUT2D eigenvalue weighted by Crippen LogP contribution is 2.36. The summed E-state index contributed by atoms with van der Waals surface area (Å²) < 4.78 is 0. The van der Waals surface area contributed by atoms with E-state index in [9.17, 15) is 0 Å². The molecule has 0 atom stereocenters. The Hall–Kier alpha value is -0.780. The van der Waals surface area contributed by atoms with E-state index in [1.807, 2.05) is 0 Å². The van der Waals surface area contributed by atoms with Crippen LogP contribution < -0.4 is 0 Å². The monoisotopic (exact) mass is 162 g/mol. The van der Waals surface area contributed by atoms with Gasteiger partial charge in [0.2, 0.25) is 0 Å². The van der Waals surface area contributed by atoms with Crippen LogP contribution in [0, 0.1) is 6.92 Å². The summed E-state index contributed by atoms with van der Waals surface area (Å²) in [4.78, 5) is 0. The molecular weight excluding hydrogens is 144 g/mol. The van der Waals surface area contributed by atoms with E-state index >= 15 is 0 Å². The summed E-state index contributed by atoms with van der Waals surface area (Å²) in [7, 11) is 0. The summed E-state index contributed by atoms with van der Waals surface area (Å²) in [6.45, 7) is 2.14. The van der Waals surface area contributed by atoms with E-state index < -0.39 is 0 Å². The molecule has 0 heteroatoms. The van der Waals surface area contributed by atoms with Gasteiger partial charge in [-0.05, 0) is 31.2 Å². The Balaban J connectivity index is 0.000000720. The summed E-state index contributed by atoms with van der Waals surface area (Å²) in [5, 5.41) is 0. The van der Waals surface area contributed by atoms with E-state index in [4.69, 9.17) is 0 Å². The van der Waals surface area contributed by atoms with E-state index in [2.05, 4.69) is 31.2 Å². The second-order valence-electron chi connectivity index (χ2n) is 3.54. The van der Waals surface area contributed by atoms with Gasteiger partial charge in [0.15, 0.2) is 0 Å². The molecule has 0 aliphatic heterocycles. The maximum atomic E-state index is 2.28. The Morgan fingerprint density at radius 1 is 1.08 bits per heavy atom. The van der Waals surface area contributed by atoms with Crippen molar-refractivity contribution in [1.82, 2.24) is 0 Å². The Morgan fingerprint density at radius 3 is 2.08 bits per heavy atom. The zero-order chi connectivity index (χ0) is 7.68. The van der Waals surface area contributed by atoms with Gasteiger partial charge in [0.05, 0.1) is 0 Å². The zero-order valence-electron chi connectivity index (χ0n) is 7.01. The lowest BCUT2D eigenvalue weighted by molar-refractivity contribution is 0.420. The second-order valence-corrected chi connectivity index (χ2v) is 3.54. The summed E-state index contributed by atoms with van der Waals surface area (Å²) in [6, 6.07) is 8.99. The topological polar surface area (TPSA) is 0 Å². The minimum absolute atomic E-state index is 0. The van der Waals surface area contributed by atoms with Crippen molar-refractivity contribution in [3.63, 3.8) is 0 Å². The van der Waals surface area contributed by atoms with Crippen LogP contribution in [0.25, 0.3) is 0 Å². The molecule has 1 fully saturated rings. The summed E-state index contributed by atoms with van der Waals surface area (Å²) in [5.74, 6) is 0.885. The molecule has 66 valence electrons. The predicted molar refractivity (Wildman–Crippen MR) is 54.5 cm³/mol. The summed E-state index contributed by atoms with van der Waals surface area (Å²) >= 11 is 0. The molecule has 0 N–H and O–H groups in total. The van der Waals surface area contributed by atoms with Crippen molar-refractivity contribution in [3.8, 4) is 0 Å². The molecule has 0 aromatic heterocycles. The highest BCUT2D eigenvalue weighted by molar-refractivity contribution is 5.25. The number of benzene rings is 1. The molecule has 0 unspecified atom stereocenters. The molecule has 0 bridgehead atoms. The van der Waals surface area contributed by atoms with Crippen molar-refractivity contribution in [2.45, 2.75) is 39.5 Å². The zero-order valence-corrected chi connectivity index (χ0v) is 7.01. The molecule has 0 heterocycles. The van der Waals surface area contributed by atoms with Gasteiger partial charge >= 0.3 is 0 Å². The Bertz CT molecular complexity index is 229. The third-order valence-corrected chi connectivity index (χ3v) is 2.65. The van der Waals surface area contributed by atoms with Crippen LogP contribution in [0.1, 0.15) is 43.7 Å². The van der Waals surface area contributed by atoms with Gasteiger partial charge < -0.3 is 0 Å². The van der Waals surface area contributed by atoms with Crippen LogP contribution in [0.4, 0.5) is 0 Å². The highest BCUT2D eigenvalue weighted by atomic mass is 14.2. The maximum absolute atomic E-state index is 2.28. The number of aryl methyl sites for hydroxylation is 1. The minimum atomic E-state index is 0. The van der Waals surface area contributed by atoms with Crippen LogP contribution in [-0.2, 0) is 0 Å². The first kappa shape index (κ1) is 9.31. The molecule has 0 nitrogen and oxygen atoms in total. The Morgan fingerprint density at radius 2 is 1.67 bits per heavy atom. The van der Waals surface area contributed by atoms with Crippen LogP contribution in [0.15, 0.2) is 24.3 Å². The molecular formula is C12H18. The first-order valence-corrected chi connectivity index (χ1v) is 4.43. The van der Waals surface area contributed by atoms with Gasteiger partial charge in [-0.2, -0.15) is 0 Å². The van der Waals surface area contributed by atoms with Crippen molar-refractivity contribution in [2.75, 3.05) is 0 Å². The van der Waals surface area contributed by atoms with Crippen LogP contribution in [0.3, 0.4) is 0 Å². The first-order chi connectivity index (χ1) is 5.36. The lowest BCUT2D eigenvalue weighted by Crippen LogP contribution is -2.08. The molecule has 0 amide bonds. The third kappa shape index (κ3) is 1.69. The molecule has 1 saturated carbocycles. The van der Waals surface area contributed by atoms with Gasteiger partial charge in [0, 0.05) is 0 Å². The van der Waals surface area contributed by atoms with Crippen molar-refractivity contribution < 1.29 is 0 Å². The normalized spacial score (nSPS) is 16.4. The molecule has 0 radical (unpaired) electrons. The van der Waals surface area contributed by atoms with Gasteiger partial charge in [-0.15, -0.1) is 0 Å². The van der Waals surface area contributed by atoms with Gasteiger partial charge in [-0.25, -0.2) is 0 Å². The Labute approximate surface area is 75.6 Å². The van der Waals surface area contributed by atoms with Crippen LogP contribution in [0.5, 0.6) is 0 Å². The van der Waals surface area contributed by atoms with Crippen LogP contribution in [0.2, 0.25) is 0 Å². The van der Waals surface area contributed by atoms with Crippen molar-refractivity contribution in [1.29, 1.82) is 0 Å². The smallest absolute Gasteiger partial charge is 0.0162 e. The van der Waals surface area contributed by atoms with Crippen LogP contribution in [-0.4, -0.2) is 0 Å². The molecule has 1 aliphatic rings. The number of hydrogen-bond acceptors (Lipinski definition) is 0. The summed E-state index contributed by atoms with van der Waals surface area (Å²) in [5.41, 5.74) is 2.91. The van der Waals surface area contributed by atoms with Crippen molar-refractivity contribution >= 4 is 0 Å². The fourth-order valence-corrected chi connectivity index (χ4v) is 1.58. The highest BCUT2D eigenvalue weighted by Gasteiger charge is 2.18. The standard InChI is InChI=1S/C11H14.CH4/c1-9-5-7-11(8-6-9)10-3-2-4-10;/h5-8,10H,2-4H2,1H3;1H4. The molecule has 1 aromatic carbocycles. The molecule has 12 heavy (non-hydrogen) atoms. The van der Waals surface area contributed by atoms with E-state index in [0.29, 0.717) is 0 Å². The quantitative estimate of drug-likeness (QED) is 0.587. The van der Waals surface area contributed by atoms with E-state index in [-0.39, 0.29) is 7.43 Å². The molecule has 1 aliphatic carbocycles. The average Bonchev–Trinajstić information content (AvgIpc) is 1.90. The van der Waals surface area contributed by atoms with Gasteiger partial charge in [-0.1, -0.05) is 43.7 Å². The maximum Gasteiger partial charge on any atom is -0.0162 e. The summed E-state index contributed by atoms with van der Waals surface area (Å²) in [6.07, 6.45) is 4.24. The number of hydrogen-bond donors (Lipinski definition) is 0. The third-order valence-electron chi connectivity index (χ3n) is 2.65. The van der Waals surface area contributed by atoms with E-state index in [1.54, 1.807) is 5.56 Å². The largest absolute Gasteiger partial charge is 0.0776 e. The van der Waals surface area contributed by atoms with Crippen molar-refractivity contribution in [2.24, 2.45) is 0 Å².